The van der Waals surface area contributed by atoms with Gasteiger partial charge in [0.1, 0.15) is 5.60 Å². The van der Waals surface area contributed by atoms with Crippen LogP contribution in [0.15, 0.2) is 53.4 Å². The maximum Gasteiger partial charge on any atom is 0.412 e. The second kappa shape index (κ2) is 8.07. The Morgan fingerprint density at radius 2 is 1.48 bits per heavy atom. The summed E-state index contributed by atoms with van der Waals surface area (Å²) in [6.45, 7) is 5.41. The molecule has 2 aromatic carbocycles. The van der Waals surface area contributed by atoms with Gasteiger partial charge in [-0.2, -0.15) is 0 Å². The number of anilines is 2. The van der Waals surface area contributed by atoms with Gasteiger partial charge >= 0.3 is 6.09 Å². The molecule has 0 radical (unpaired) electrons. The van der Waals surface area contributed by atoms with E-state index in [0.29, 0.717) is 16.9 Å². The van der Waals surface area contributed by atoms with E-state index < -0.39 is 11.7 Å². The van der Waals surface area contributed by atoms with Crippen molar-refractivity contribution in [1.29, 1.82) is 0 Å². The Kier molecular flexibility index (Phi) is 6.09. The van der Waals surface area contributed by atoms with E-state index in [0.717, 1.165) is 4.90 Å². The smallest absolute Gasteiger partial charge is 0.412 e. The number of ether oxygens (including phenoxy) is 1. The zero-order chi connectivity index (χ0) is 18.4. The summed E-state index contributed by atoms with van der Waals surface area (Å²) in [5, 5.41) is 5.51. The number of hydrogen-bond donors (Lipinski definition) is 2. The number of amides is 2. The highest BCUT2D eigenvalue weighted by Gasteiger charge is 2.16. The molecule has 2 N–H and O–H groups in total. The highest BCUT2D eigenvalue weighted by atomic mass is 32.2. The maximum absolute atomic E-state index is 12.4. The molecule has 0 heterocycles. The van der Waals surface area contributed by atoms with Crippen LogP contribution < -0.4 is 10.6 Å². The van der Waals surface area contributed by atoms with Crippen molar-refractivity contribution in [2.75, 3.05) is 16.9 Å². The summed E-state index contributed by atoms with van der Waals surface area (Å²) in [5.74, 6) is -0.169. The number of rotatable bonds is 4. The SMILES string of the molecule is CSc1ccccc1C(=O)Nc1ccc(NC(=O)OC(C)(C)C)cc1. The quantitative estimate of drug-likeness (QED) is 0.754. The van der Waals surface area contributed by atoms with Gasteiger partial charge in [0.05, 0.1) is 5.56 Å². The molecular weight excluding hydrogens is 336 g/mol. The molecule has 0 fully saturated rings. The Morgan fingerprint density at radius 1 is 0.920 bits per heavy atom. The molecule has 0 aliphatic rings. The van der Waals surface area contributed by atoms with Gasteiger partial charge in [0.25, 0.3) is 5.91 Å². The normalized spacial score (nSPS) is 10.9. The van der Waals surface area contributed by atoms with Crippen molar-refractivity contribution in [1.82, 2.24) is 0 Å². The van der Waals surface area contributed by atoms with Crippen LogP contribution in [-0.2, 0) is 4.74 Å². The predicted molar refractivity (Wildman–Crippen MR) is 102 cm³/mol. The van der Waals surface area contributed by atoms with Crippen molar-refractivity contribution >= 4 is 35.1 Å². The highest BCUT2D eigenvalue weighted by Crippen LogP contribution is 2.22. The minimum absolute atomic E-state index is 0.169. The first-order valence-electron chi connectivity index (χ1n) is 7.83. The number of hydrogen-bond acceptors (Lipinski definition) is 4. The fourth-order valence-corrected chi connectivity index (χ4v) is 2.68. The molecule has 0 bridgehead atoms. The first kappa shape index (κ1) is 18.9. The third kappa shape index (κ3) is 5.83. The monoisotopic (exact) mass is 358 g/mol. The molecule has 0 saturated heterocycles. The van der Waals surface area contributed by atoms with Crippen LogP contribution in [-0.4, -0.2) is 23.9 Å². The maximum atomic E-state index is 12.4. The first-order chi connectivity index (χ1) is 11.8. The lowest BCUT2D eigenvalue weighted by molar-refractivity contribution is 0.0635. The van der Waals surface area contributed by atoms with Gasteiger partial charge < -0.3 is 10.1 Å². The van der Waals surface area contributed by atoms with E-state index in [1.54, 1.807) is 51.1 Å². The third-order valence-corrected chi connectivity index (χ3v) is 3.94. The van der Waals surface area contributed by atoms with Crippen LogP contribution in [0.5, 0.6) is 0 Å². The topological polar surface area (TPSA) is 67.4 Å². The van der Waals surface area contributed by atoms with E-state index in [-0.39, 0.29) is 5.91 Å². The number of thioether (sulfide) groups is 1. The van der Waals surface area contributed by atoms with Gasteiger partial charge in [-0.3, -0.25) is 10.1 Å². The molecule has 0 unspecified atom stereocenters. The second-order valence-corrected chi connectivity index (χ2v) is 7.21. The molecule has 0 atom stereocenters. The van der Waals surface area contributed by atoms with Crippen molar-refractivity contribution in [2.45, 2.75) is 31.3 Å². The van der Waals surface area contributed by atoms with Crippen molar-refractivity contribution in [3.63, 3.8) is 0 Å². The van der Waals surface area contributed by atoms with Gasteiger partial charge in [0.2, 0.25) is 0 Å². The van der Waals surface area contributed by atoms with Crippen LogP contribution in [0.25, 0.3) is 0 Å². The Balaban J connectivity index is 2.00. The van der Waals surface area contributed by atoms with Gasteiger partial charge in [0.15, 0.2) is 0 Å². The molecule has 0 aliphatic carbocycles. The van der Waals surface area contributed by atoms with E-state index in [2.05, 4.69) is 10.6 Å². The molecule has 0 saturated carbocycles. The Morgan fingerprint density at radius 3 is 2.04 bits per heavy atom. The van der Waals surface area contributed by atoms with Gasteiger partial charge in [-0.05, 0) is 63.4 Å². The molecule has 2 rings (SSSR count). The number of carbonyl (C=O) groups excluding carboxylic acids is 2. The lowest BCUT2D eigenvalue weighted by atomic mass is 10.2. The lowest BCUT2D eigenvalue weighted by Crippen LogP contribution is -2.27. The van der Waals surface area contributed by atoms with Crippen LogP contribution in [0.4, 0.5) is 16.2 Å². The van der Waals surface area contributed by atoms with Crippen LogP contribution in [0.3, 0.4) is 0 Å². The van der Waals surface area contributed by atoms with E-state index >= 15 is 0 Å². The van der Waals surface area contributed by atoms with E-state index in [1.165, 1.54) is 11.8 Å². The van der Waals surface area contributed by atoms with Gasteiger partial charge in [-0.15, -0.1) is 11.8 Å². The highest BCUT2D eigenvalue weighted by molar-refractivity contribution is 7.98. The molecule has 2 aromatic rings. The summed E-state index contributed by atoms with van der Waals surface area (Å²) in [5.41, 5.74) is 1.32. The van der Waals surface area contributed by atoms with Gasteiger partial charge in [0, 0.05) is 16.3 Å². The summed E-state index contributed by atoms with van der Waals surface area (Å²) >= 11 is 1.53. The van der Waals surface area contributed by atoms with Crippen molar-refractivity contribution in [2.24, 2.45) is 0 Å². The van der Waals surface area contributed by atoms with E-state index in [1.807, 2.05) is 24.5 Å². The van der Waals surface area contributed by atoms with Gasteiger partial charge in [-0.1, -0.05) is 12.1 Å². The molecule has 0 spiro atoms. The van der Waals surface area contributed by atoms with E-state index in [4.69, 9.17) is 4.74 Å². The van der Waals surface area contributed by atoms with Crippen molar-refractivity contribution < 1.29 is 14.3 Å². The van der Waals surface area contributed by atoms with Crippen molar-refractivity contribution in [3.05, 3.63) is 54.1 Å². The van der Waals surface area contributed by atoms with Crippen LogP contribution in [0.2, 0.25) is 0 Å². The summed E-state index contributed by atoms with van der Waals surface area (Å²) in [4.78, 5) is 25.1. The van der Waals surface area contributed by atoms with Crippen LogP contribution >= 0.6 is 11.8 Å². The zero-order valence-electron chi connectivity index (χ0n) is 14.8. The molecule has 25 heavy (non-hydrogen) atoms. The Hall–Kier alpha value is -2.47. The van der Waals surface area contributed by atoms with E-state index in [9.17, 15) is 9.59 Å². The summed E-state index contributed by atoms with van der Waals surface area (Å²) in [6, 6.07) is 14.3. The molecule has 132 valence electrons. The van der Waals surface area contributed by atoms with Crippen LogP contribution in [0, 0.1) is 0 Å². The standard InChI is InChI=1S/C19H22N2O3S/c1-19(2,3)24-18(23)21-14-11-9-13(10-12-14)20-17(22)15-7-5-6-8-16(15)25-4/h5-12H,1-4H3,(H,20,22)(H,21,23). The fraction of sp³-hybridized carbons (Fsp3) is 0.263. The summed E-state index contributed by atoms with van der Waals surface area (Å²) in [7, 11) is 0. The third-order valence-electron chi connectivity index (χ3n) is 3.14. The Bertz CT molecular complexity index is 752. The zero-order valence-corrected chi connectivity index (χ0v) is 15.6. The summed E-state index contributed by atoms with van der Waals surface area (Å²) < 4.78 is 5.20. The lowest BCUT2D eigenvalue weighted by Gasteiger charge is -2.19. The number of nitrogens with one attached hydrogen (secondary N) is 2. The first-order valence-corrected chi connectivity index (χ1v) is 9.05. The molecule has 0 aromatic heterocycles. The Labute approximate surface area is 152 Å². The van der Waals surface area contributed by atoms with Crippen molar-refractivity contribution in [3.8, 4) is 0 Å². The minimum Gasteiger partial charge on any atom is -0.444 e. The molecular formula is C19H22N2O3S. The van der Waals surface area contributed by atoms with Gasteiger partial charge in [-0.25, -0.2) is 4.79 Å². The van der Waals surface area contributed by atoms with Crippen LogP contribution in [0.1, 0.15) is 31.1 Å². The average Bonchev–Trinajstić information content (AvgIpc) is 2.54. The second-order valence-electron chi connectivity index (χ2n) is 6.36. The molecule has 6 heteroatoms. The molecule has 2 amide bonds. The number of benzene rings is 2. The molecule has 0 aliphatic heterocycles. The largest absolute Gasteiger partial charge is 0.444 e. The molecule has 5 nitrogen and oxygen atoms in total. The minimum atomic E-state index is -0.553. The summed E-state index contributed by atoms with van der Waals surface area (Å²) in [6.07, 6.45) is 1.42. The number of carbonyl (C=O) groups is 2. The predicted octanol–water partition coefficient (Wildman–Crippen LogP) is 5.01. The fourth-order valence-electron chi connectivity index (χ4n) is 2.09. The average molecular weight is 358 g/mol.